The molecular weight excluding hydrogens is 238 g/mol. The SMILES string of the molecule is CC(Nc1nc2ccccc2o1)c1ccccc1N. The van der Waals surface area contributed by atoms with E-state index in [4.69, 9.17) is 10.2 Å². The molecule has 1 unspecified atom stereocenters. The molecule has 0 bridgehead atoms. The number of nitrogens with one attached hydrogen (secondary N) is 1. The number of nitrogens with zero attached hydrogens (tertiary/aromatic N) is 1. The Bertz CT molecular complexity index is 672. The van der Waals surface area contributed by atoms with Crippen LogP contribution in [0, 0.1) is 0 Å². The zero-order valence-electron chi connectivity index (χ0n) is 10.6. The number of fused-ring (bicyclic) bond motifs is 1. The third kappa shape index (κ3) is 2.25. The second-order valence-corrected chi connectivity index (χ2v) is 4.48. The molecule has 0 spiro atoms. The van der Waals surface area contributed by atoms with Gasteiger partial charge in [-0.05, 0) is 30.7 Å². The molecule has 3 rings (SSSR count). The molecule has 1 aromatic heterocycles. The smallest absolute Gasteiger partial charge is 0.296 e. The summed E-state index contributed by atoms with van der Waals surface area (Å²) in [5, 5.41) is 3.23. The minimum atomic E-state index is 0.0364. The number of nitrogen functional groups attached to an aromatic ring is 1. The number of hydrogen-bond acceptors (Lipinski definition) is 4. The van der Waals surface area contributed by atoms with Gasteiger partial charge in [0.05, 0.1) is 6.04 Å². The lowest BCUT2D eigenvalue weighted by molar-refractivity contribution is 0.604. The van der Waals surface area contributed by atoms with Gasteiger partial charge in [-0.15, -0.1) is 0 Å². The number of rotatable bonds is 3. The Morgan fingerprint density at radius 1 is 1.11 bits per heavy atom. The zero-order valence-corrected chi connectivity index (χ0v) is 10.6. The Kier molecular flexibility index (Phi) is 2.83. The summed E-state index contributed by atoms with van der Waals surface area (Å²) in [6.07, 6.45) is 0. The maximum absolute atomic E-state index is 5.96. The molecular formula is C15H15N3O. The molecule has 0 saturated carbocycles. The van der Waals surface area contributed by atoms with E-state index in [1.54, 1.807) is 0 Å². The summed E-state index contributed by atoms with van der Waals surface area (Å²) in [4.78, 5) is 4.39. The van der Waals surface area contributed by atoms with Crippen molar-refractivity contribution in [1.82, 2.24) is 4.98 Å². The summed E-state index contributed by atoms with van der Waals surface area (Å²) >= 11 is 0. The Morgan fingerprint density at radius 3 is 2.63 bits per heavy atom. The highest BCUT2D eigenvalue weighted by atomic mass is 16.4. The number of nitrogens with two attached hydrogens (primary N) is 1. The van der Waals surface area contributed by atoms with Gasteiger partial charge in [0.25, 0.3) is 6.01 Å². The first-order valence-corrected chi connectivity index (χ1v) is 6.20. The van der Waals surface area contributed by atoms with Crippen molar-refractivity contribution in [2.24, 2.45) is 0 Å². The largest absolute Gasteiger partial charge is 0.424 e. The van der Waals surface area contributed by atoms with Crippen LogP contribution in [0.4, 0.5) is 11.7 Å². The van der Waals surface area contributed by atoms with Crippen molar-refractivity contribution in [3.8, 4) is 0 Å². The molecule has 0 amide bonds. The van der Waals surface area contributed by atoms with Crippen molar-refractivity contribution >= 4 is 22.8 Å². The normalized spacial score (nSPS) is 12.5. The monoisotopic (exact) mass is 253 g/mol. The first-order chi connectivity index (χ1) is 9.24. The number of benzene rings is 2. The van der Waals surface area contributed by atoms with E-state index < -0.39 is 0 Å². The summed E-state index contributed by atoms with van der Waals surface area (Å²) in [5.74, 6) is 0. The molecule has 0 radical (unpaired) electrons. The van der Waals surface area contributed by atoms with Crippen molar-refractivity contribution in [2.45, 2.75) is 13.0 Å². The van der Waals surface area contributed by atoms with Crippen LogP contribution in [-0.2, 0) is 0 Å². The molecule has 19 heavy (non-hydrogen) atoms. The molecule has 1 atom stereocenters. The van der Waals surface area contributed by atoms with Gasteiger partial charge in [0.1, 0.15) is 5.52 Å². The van der Waals surface area contributed by atoms with Crippen molar-refractivity contribution in [2.75, 3.05) is 11.1 Å². The Balaban J connectivity index is 1.86. The lowest BCUT2D eigenvalue weighted by Gasteiger charge is -2.14. The number of para-hydroxylation sites is 3. The van der Waals surface area contributed by atoms with Crippen LogP contribution >= 0.6 is 0 Å². The summed E-state index contributed by atoms with van der Waals surface area (Å²) in [6, 6.07) is 16.0. The molecule has 3 N–H and O–H groups in total. The molecule has 0 aliphatic rings. The summed E-state index contributed by atoms with van der Waals surface area (Å²) in [5.41, 5.74) is 9.38. The third-order valence-corrected chi connectivity index (χ3v) is 3.10. The topological polar surface area (TPSA) is 64.1 Å². The standard InChI is InChI=1S/C15H15N3O/c1-10(11-6-2-3-7-12(11)16)17-15-18-13-8-4-5-9-14(13)19-15/h2-10H,16H2,1H3,(H,17,18). The van der Waals surface area contributed by atoms with Crippen LogP contribution in [0.15, 0.2) is 52.9 Å². The molecule has 2 aromatic carbocycles. The number of aromatic nitrogens is 1. The van der Waals surface area contributed by atoms with Gasteiger partial charge in [0, 0.05) is 5.69 Å². The third-order valence-electron chi connectivity index (χ3n) is 3.10. The fourth-order valence-electron chi connectivity index (χ4n) is 2.10. The summed E-state index contributed by atoms with van der Waals surface area (Å²) in [6.45, 7) is 2.03. The van der Waals surface area contributed by atoms with Gasteiger partial charge in [-0.3, -0.25) is 0 Å². The first-order valence-electron chi connectivity index (χ1n) is 6.20. The van der Waals surface area contributed by atoms with Gasteiger partial charge in [-0.25, -0.2) is 0 Å². The van der Waals surface area contributed by atoms with Crippen molar-refractivity contribution in [1.29, 1.82) is 0 Å². The molecule has 0 aliphatic carbocycles. The van der Waals surface area contributed by atoms with E-state index in [9.17, 15) is 0 Å². The van der Waals surface area contributed by atoms with Gasteiger partial charge in [-0.1, -0.05) is 30.3 Å². The first kappa shape index (κ1) is 11.6. The average Bonchev–Trinajstić information content (AvgIpc) is 2.81. The van der Waals surface area contributed by atoms with Gasteiger partial charge < -0.3 is 15.5 Å². The second-order valence-electron chi connectivity index (χ2n) is 4.48. The zero-order chi connectivity index (χ0) is 13.2. The maximum atomic E-state index is 5.96. The molecule has 0 fully saturated rings. The Labute approximate surface area is 111 Å². The maximum Gasteiger partial charge on any atom is 0.296 e. The lowest BCUT2D eigenvalue weighted by Crippen LogP contribution is -2.09. The lowest BCUT2D eigenvalue weighted by atomic mass is 10.1. The minimum Gasteiger partial charge on any atom is -0.424 e. The van der Waals surface area contributed by atoms with Crippen LogP contribution in [-0.4, -0.2) is 4.98 Å². The Hall–Kier alpha value is -2.49. The molecule has 4 nitrogen and oxygen atoms in total. The number of hydrogen-bond donors (Lipinski definition) is 2. The Morgan fingerprint density at radius 2 is 1.84 bits per heavy atom. The number of anilines is 2. The molecule has 0 saturated heterocycles. The summed E-state index contributed by atoms with van der Waals surface area (Å²) < 4.78 is 5.64. The highest BCUT2D eigenvalue weighted by molar-refractivity contribution is 5.74. The minimum absolute atomic E-state index is 0.0364. The van der Waals surface area contributed by atoms with Crippen LogP contribution in [0.3, 0.4) is 0 Å². The summed E-state index contributed by atoms with van der Waals surface area (Å²) in [7, 11) is 0. The van der Waals surface area contributed by atoms with Gasteiger partial charge in [-0.2, -0.15) is 4.98 Å². The molecule has 96 valence electrons. The quantitative estimate of drug-likeness (QED) is 0.700. The van der Waals surface area contributed by atoms with E-state index in [1.165, 1.54) is 0 Å². The molecule has 1 heterocycles. The van der Waals surface area contributed by atoms with E-state index in [-0.39, 0.29) is 6.04 Å². The highest BCUT2D eigenvalue weighted by Crippen LogP contribution is 2.25. The van der Waals surface area contributed by atoms with Crippen LogP contribution in [0.25, 0.3) is 11.1 Å². The van der Waals surface area contributed by atoms with Crippen molar-refractivity contribution < 1.29 is 4.42 Å². The van der Waals surface area contributed by atoms with Crippen LogP contribution in [0.5, 0.6) is 0 Å². The van der Waals surface area contributed by atoms with E-state index in [0.717, 1.165) is 22.4 Å². The second kappa shape index (κ2) is 4.65. The molecule has 4 heteroatoms. The predicted octanol–water partition coefficient (Wildman–Crippen LogP) is 3.58. The van der Waals surface area contributed by atoms with Crippen LogP contribution in [0.2, 0.25) is 0 Å². The van der Waals surface area contributed by atoms with Crippen LogP contribution < -0.4 is 11.1 Å². The van der Waals surface area contributed by atoms with Gasteiger partial charge in [0.15, 0.2) is 5.58 Å². The fourth-order valence-corrected chi connectivity index (χ4v) is 2.10. The highest BCUT2D eigenvalue weighted by Gasteiger charge is 2.12. The van der Waals surface area contributed by atoms with Crippen LogP contribution in [0.1, 0.15) is 18.5 Å². The van der Waals surface area contributed by atoms with Gasteiger partial charge >= 0.3 is 0 Å². The molecule has 0 aliphatic heterocycles. The number of oxazole rings is 1. The van der Waals surface area contributed by atoms with Crippen molar-refractivity contribution in [3.63, 3.8) is 0 Å². The van der Waals surface area contributed by atoms with E-state index in [1.807, 2.05) is 55.5 Å². The van der Waals surface area contributed by atoms with E-state index in [2.05, 4.69) is 10.3 Å². The van der Waals surface area contributed by atoms with Gasteiger partial charge in [0.2, 0.25) is 0 Å². The van der Waals surface area contributed by atoms with E-state index >= 15 is 0 Å². The predicted molar refractivity (Wildman–Crippen MR) is 76.9 cm³/mol. The van der Waals surface area contributed by atoms with Crippen molar-refractivity contribution in [3.05, 3.63) is 54.1 Å². The average molecular weight is 253 g/mol. The fraction of sp³-hybridized carbons (Fsp3) is 0.133. The van der Waals surface area contributed by atoms with E-state index in [0.29, 0.717) is 6.01 Å². The molecule has 3 aromatic rings.